The summed E-state index contributed by atoms with van der Waals surface area (Å²) in [7, 11) is 0. The molecule has 0 aliphatic rings. The molecule has 3 aromatic carbocycles. The highest BCUT2D eigenvalue weighted by atomic mass is 19.4. The van der Waals surface area contributed by atoms with Gasteiger partial charge in [-0.2, -0.15) is 39.5 Å². The van der Waals surface area contributed by atoms with E-state index in [0.29, 0.717) is 23.1 Å². The van der Waals surface area contributed by atoms with E-state index in [2.05, 4.69) is 0 Å². The Morgan fingerprint density at radius 1 is 0.475 bits per heavy atom. The summed E-state index contributed by atoms with van der Waals surface area (Å²) in [4.78, 5) is 29.4. The number of benzene rings is 3. The lowest BCUT2D eigenvalue weighted by Gasteiger charge is -2.27. The van der Waals surface area contributed by atoms with E-state index in [1.54, 1.807) is 0 Å². The Morgan fingerprint density at radius 3 is 0.875 bits per heavy atom. The Kier molecular flexibility index (Phi) is 7.37. The van der Waals surface area contributed by atoms with Gasteiger partial charge in [-0.1, -0.05) is 0 Å². The van der Waals surface area contributed by atoms with E-state index in [-0.39, 0.29) is 36.4 Å². The fraction of sp³-hybridized carbons (Fsp3) is 0.143. The lowest BCUT2D eigenvalue weighted by atomic mass is 10.1. The summed E-state index contributed by atoms with van der Waals surface area (Å²) in [6, 6.07) is 2.74. The molecule has 0 N–H and O–H groups in total. The molecule has 0 bridgehead atoms. The van der Waals surface area contributed by atoms with Crippen LogP contribution in [-0.4, -0.2) is 14.8 Å². The standard InChI is InChI=1S/C21H9F9N4O6/c22-19(23,24)13-7-10(1-4-16(13)32(35)36)31(11-2-5-17(33(37)38)14(8-11)20(25,26)27)12-3-6-18(34(39)40)15(9-12)21(28,29)30/h1-9H. The molecule has 0 radical (unpaired) electrons. The third-order valence-electron chi connectivity index (χ3n) is 5.22. The molecule has 0 unspecified atom stereocenters. The van der Waals surface area contributed by atoms with E-state index in [0.717, 1.165) is 0 Å². The van der Waals surface area contributed by atoms with Crippen LogP contribution >= 0.6 is 0 Å². The van der Waals surface area contributed by atoms with Crippen molar-refractivity contribution in [1.82, 2.24) is 0 Å². The number of nitro benzene ring substituents is 3. The van der Waals surface area contributed by atoms with Crippen molar-refractivity contribution in [3.8, 4) is 0 Å². The van der Waals surface area contributed by atoms with E-state index in [9.17, 15) is 69.9 Å². The van der Waals surface area contributed by atoms with Gasteiger partial charge in [-0.3, -0.25) is 30.3 Å². The molecule has 0 aliphatic heterocycles. The molecule has 0 aliphatic carbocycles. The lowest BCUT2D eigenvalue weighted by molar-refractivity contribution is -0.388. The second-order valence-corrected chi connectivity index (χ2v) is 7.70. The fourth-order valence-electron chi connectivity index (χ4n) is 3.60. The number of rotatable bonds is 6. The van der Waals surface area contributed by atoms with Crippen molar-refractivity contribution >= 4 is 34.1 Å². The summed E-state index contributed by atoms with van der Waals surface area (Å²) in [5.74, 6) is 0. The predicted molar refractivity (Wildman–Crippen MR) is 116 cm³/mol. The van der Waals surface area contributed by atoms with Gasteiger partial charge >= 0.3 is 18.5 Å². The lowest BCUT2D eigenvalue weighted by Crippen LogP contribution is -2.17. The van der Waals surface area contributed by atoms with Gasteiger partial charge in [0.15, 0.2) is 0 Å². The number of halogens is 9. The zero-order valence-corrected chi connectivity index (χ0v) is 18.8. The number of hydrogen-bond donors (Lipinski definition) is 0. The molecule has 19 heteroatoms. The van der Waals surface area contributed by atoms with Crippen molar-refractivity contribution in [2.45, 2.75) is 18.5 Å². The molecule has 0 amide bonds. The molecule has 212 valence electrons. The Hall–Kier alpha value is -4.97. The molecule has 0 aromatic heterocycles. The second kappa shape index (κ2) is 9.97. The average molecular weight is 584 g/mol. The van der Waals surface area contributed by atoms with Gasteiger partial charge in [-0.15, -0.1) is 0 Å². The van der Waals surface area contributed by atoms with E-state index in [1.807, 2.05) is 0 Å². The SMILES string of the molecule is O=[N+]([O-])c1ccc(N(c2ccc([N+](=O)[O-])c(C(F)(F)F)c2)c2ccc([N+](=O)[O-])c(C(F)(F)F)c2)cc1C(F)(F)F. The smallest absolute Gasteiger partial charge is 0.310 e. The Morgan fingerprint density at radius 2 is 0.700 bits per heavy atom. The highest BCUT2D eigenvalue weighted by molar-refractivity contribution is 5.80. The van der Waals surface area contributed by atoms with Gasteiger partial charge in [-0.25, -0.2) is 0 Å². The zero-order valence-electron chi connectivity index (χ0n) is 18.8. The summed E-state index contributed by atoms with van der Waals surface area (Å²) in [5, 5.41) is 33.3. The molecule has 3 rings (SSSR count). The van der Waals surface area contributed by atoms with E-state index < -0.39 is 84.1 Å². The van der Waals surface area contributed by atoms with Gasteiger partial charge in [0, 0.05) is 35.3 Å². The van der Waals surface area contributed by atoms with Gasteiger partial charge in [0.2, 0.25) is 0 Å². The van der Waals surface area contributed by atoms with E-state index in [1.165, 1.54) is 0 Å². The van der Waals surface area contributed by atoms with Crippen molar-refractivity contribution in [2.24, 2.45) is 0 Å². The second-order valence-electron chi connectivity index (χ2n) is 7.70. The van der Waals surface area contributed by atoms with Crippen LogP contribution in [0.4, 0.5) is 73.6 Å². The highest BCUT2D eigenvalue weighted by Gasteiger charge is 2.42. The normalized spacial score (nSPS) is 12.2. The van der Waals surface area contributed by atoms with Crippen molar-refractivity contribution in [1.29, 1.82) is 0 Å². The molecule has 0 heterocycles. The molecule has 0 atom stereocenters. The van der Waals surface area contributed by atoms with Crippen molar-refractivity contribution < 1.29 is 54.3 Å². The van der Waals surface area contributed by atoms with Crippen LogP contribution in [0.15, 0.2) is 54.6 Å². The third kappa shape index (κ3) is 5.86. The van der Waals surface area contributed by atoms with Crippen molar-refractivity contribution in [3.05, 3.63) is 102 Å². The molecule has 40 heavy (non-hydrogen) atoms. The minimum absolute atomic E-state index is 0.0570. The number of nitro groups is 3. The van der Waals surface area contributed by atoms with Crippen molar-refractivity contribution in [3.63, 3.8) is 0 Å². The van der Waals surface area contributed by atoms with Crippen LogP contribution in [0.2, 0.25) is 0 Å². The van der Waals surface area contributed by atoms with Crippen LogP contribution in [0.3, 0.4) is 0 Å². The Labute approximate surface area is 214 Å². The minimum Gasteiger partial charge on any atom is -0.310 e. The van der Waals surface area contributed by atoms with Gasteiger partial charge in [0.1, 0.15) is 16.7 Å². The molecule has 0 saturated heterocycles. The Bertz CT molecular complexity index is 1340. The van der Waals surface area contributed by atoms with Gasteiger partial charge in [0.25, 0.3) is 17.1 Å². The third-order valence-corrected chi connectivity index (χ3v) is 5.22. The molecule has 0 saturated carbocycles. The first-order chi connectivity index (χ1) is 18.2. The van der Waals surface area contributed by atoms with Crippen LogP contribution in [-0.2, 0) is 18.5 Å². The first-order valence-corrected chi connectivity index (χ1v) is 10.1. The summed E-state index contributed by atoms with van der Waals surface area (Å²) in [6.07, 6.45) is -16.3. The predicted octanol–water partition coefficient (Wildman–Crippen LogP) is 7.94. The maximum atomic E-state index is 13.6. The van der Waals surface area contributed by atoms with Gasteiger partial charge < -0.3 is 4.90 Å². The van der Waals surface area contributed by atoms with Crippen LogP contribution in [0, 0.1) is 30.3 Å². The quantitative estimate of drug-likeness (QED) is 0.163. The summed E-state index contributed by atoms with van der Waals surface area (Å²) < 4.78 is 122. The van der Waals surface area contributed by atoms with E-state index >= 15 is 0 Å². The minimum atomic E-state index is -5.43. The maximum absolute atomic E-state index is 13.6. The zero-order chi connectivity index (χ0) is 30.4. The van der Waals surface area contributed by atoms with E-state index in [4.69, 9.17) is 0 Å². The van der Waals surface area contributed by atoms with Crippen LogP contribution in [0.1, 0.15) is 16.7 Å². The maximum Gasteiger partial charge on any atom is 0.423 e. The Balaban J connectivity index is 2.45. The summed E-state index contributed by atoms with van der Waals surface area (Å²) in [5.41, 5.74) is -12.9. The number of anilines is 3. The number of nitrogens with zero attached hydrogens (tertiary/aromatic N) is 4. The highest BCUT2D eigenvalue weighted by Crippen LogP contribution is 2.46. The van der Waals surface area contributed by atoms with Crippen LogP contribution in [0.25, 0.3) is 0 Å². The van der Waals surface area contributed by atoms with Crippen LogP contribution in [0.5, 0.6) is 0 Å². The molecule has 3 aromatic rings. The first-order valence-electron chi connectivity index (χ1n) is 10.1. The number of alkyl halides is 9. The fourth-order valence-corrected chi connectivity index (χ4v) is 3.60. The summed E-state index contributed by atoms with van der Waals surface area (Å²) >= 11 is 0. The monoisotopic (exact) mass is 584 g/mol. The largest absolute Gasteiger partial charge is 0.423 e. The molecule has 0 fully saturated rings. The average Bonchev–Trinajstić information content (AvgIpc) is 2.82. The molecule has 0 spiro atoms. The number of hydrogen-bond acceptors (Lipinski definition) is 7. The first kappa shape index (κ1) is 29.6. The van der Waals surface area contributed by atoms with Crippen molar-refractivity contribution in [2.75, 3.05) is 4.90 Å². The molecular formula is C21H9F9N4O6. The topological polar surface area (TPSA) is 133 Å². The molecular weight excluding hydrogens is 575 g/mol. The summed E-state index contributed by atoms with van der Waals surface area (Å²) in [6.45, 7) is 0. The molecule has 10 nitrogen and oxygen atoms in total. The van der Waals surface area contributed by atoms with Crippen LogP contribution < -0.4 is 4.90 Å². The van der Waals surface area contributed by atoms with Gasteiger partial charge in [0.05, 0.1) is 14.8 Å². The van der Waals surface area contributed by atoms with Gasteiger partial charge in [-0.05, 0) is 36.4 Å².